The highest BCUT2D eigenvalue weighted by molar-refractivity contribution is 6.05. The molecule has 1 aliphatic heterocycles. The second kappa shape index (κ2) is 7.76. The van der Waals surface area contributed by atoms with Gasteiger partial charge >= 0.3 is 0 Å². The number of guanidine groups is 2. The lowest BCUT2D eigenvalue weighted by Crippen LogP contribution is -2.58. The molecular weight excluding hydrogens is 378 g/mol. The van der Waals surface area contributed by atoms with E-state index in [2.05, 4.69) is 9.98 Å². The van der Waals surface area contributed by atoms with Crippen LogP contribution in [-0.4, -0.2) is 17.6 Å². The topological polar surface area (TPSA) is 137 Å². The molecule has 8 nitrogen and oxygen atoms in total. The predicted molar refractivity (Wildman–Crippen MR) is 114 cm³/mol. The zero-order valence-electron chi connectivity index (χ0n) is 16.4. The van der Waals surface area contributed by atoms with Crippen molar-refractivity contribution in [3.05, 3.63) is 53.6 Å². The summed E-state index contributed by atoms with van der Waals surface area (Å²) in [6, 6.07) is 16.2. The Labute approximate surface area is 174 Å². The third-order valence-electron chi connectivity index (χ3n) is 5.41. The van der Waals surface area contributed by atoms with E-state index in [4.69, 9.17) is 21.5 Å². The van der Waals surface area contributed by atoms with Gasteiger partial charge in [-0.05, 0) is 68.1 Å². The third-order valence-corrected chi connectivity index (χ3v) is 5.41. The van der Waals surface area contributed by atoms with Crippen LogP contribution in [0.3, 0.4) is 0 Å². The average molecular weight is 399 g/mol. The summed E-state index contributed by atoms with van der Waals surface area (Å²) in [6.45, 7) is 0. The van der Waals surface area contributed by atoms with Crippen molar-refractivity contribution in [3.63, 3.8) is 0 Å². The molecule has 8 heteroatoms. The van der Waals surface area contributed by atoms with Gasteiger partial charge in [0.05, 0.1) is 11.1 Å². The van der Waals surface area contributed by atoms with E-state index in [1.165, 1.54) is 6.42 Å². The highest BCUT2D eigenvalue weighted by Crippen LogP contribution is 2.40. The molecule has 1 saturated carbocycles. The lowest BCUT2D eigenvalue weighted by Gasteiger charge is -2.45. The molecule has 2 aromatic rings. The van der Waals surface area contributed by atoms with E-state index < -0.39 is 5.66 Å². The van der Waals surface area contributed by atoms with Gasteiger partial charge in [-0.25, -0.2) is 4.99 Å². The van der Waals surface area contributed by atoms with Gasteiger partial charge in [0.1, 0.15) is 29.3 Å². The minimum atomic E-state index is -0.495. The van der Waals surface area contributed by atoms with Gasteiger partial charge in [0.15, 0.2) is 0 Å². The monoisotopic (exact) mass is 399 g/mol. The molecule has 0 radical (unpaired) electrons. The van der Waals surface area contributed by atoms with Crippen LogP contribution in [0, 0.1) is 22.7 Å². The Kier molecular flexibility index (Phi) is 4.99. The van der Waals surface area contributed by atoms with Crippen LogP contribution in [0.15, 0.2) is 52.4 Å². The van der Waals surface area contributed by atoms with E-state index in [0.717, 1.165) is 31.4 Å². The first-order chi connectivity index (χ1) is 14.5. The van der Waals surface area contributed by atoms with Crippen LogP contribution in [0.25, 0.3) is 0 Å². The van der Waals surface area contributed by atoms with Crippen LogP contribution in [0.2, 0.25) is 0 Å². The van der Waals surface area contributed by atoms with Crippen molar-refractivity contribution in [2.45, 2.75) is 37.8 Å². The second-order valence-corrected chi connectivity index (χ2v) is 7.35. The Bertz CT molecular complexity index is 1100. The number of hydrogen-bond acceptors (Lipinski definition) is 8. The molecule has 1 aliphatic carbocycles. The molecule has 150 valence electrons. The van der Waals surface area contributed by atoms with Crippen molar-refractivity contribution in [1.82, 2.24) is 0 Å². The van der Waals surface area contributed by atoms with Crippen molar-refractivity contribution >= 4 is 17.6 Å². The van der Waals surface area contributed by atoms with Gasteiger partial charge in [-0.1, -0.05) is 6.42 Å². The van der Waals surface area contributed by atoms with Crippen molar-refractivity contribution in [2.24, 2.45) is 21.5 Å². The van der Waals surface area contributed by atoms with Crippen LogP contribution in [-0.2, 0) is 0 Å². The first-order valence-corrected chi connectivity index (χ1v) is 9.76. The first kappa shape index (κ1) is 19.3. The van der Waals surface area contributed by atoms with E-state index in [0.29, 0.717) is 23.0 Å². The highest BCUT2D eigenvalue weighted by Gasteiger charge is 2.42. The standard InChI is InChI=1S/C22H21N7O/c23-13-15-4-7-19(12-16(15)14-24)30-18-8-5-17(6-9-18)29-21(26)27-20(25)28-22(29)10-2-1-3-11-22/h4-9,12H,1-3,10-11H2,(H4,25,26,27,28). The number of nitrogens with two attached hydrogens (primary N) is 2. The van der Waals surface area contributed by atoms with Crippen LogP contribution >= 0.6 is 0 Å². The molecule has 0 unspecified atom stereocenters. The highest BCUT2D eigenvalue weighted by atomic mass is 16.5. The molecule has 2 aromatic carbocycles. The molecule has 0 bridgehead atoms. The minimum Gasteiger partial charge on any atom is -0.457 e. The maximum Gasteiger partial charge on any atom is 0.220 e. The van der Waals surface area contributed by atoms with Crippen molar-refractivity contribution in [2.75, 3.05) is 4.90 Å². The Hall–Kier alpha value is -4.04. The lowest BCUT2D eigenvalue weighted by molar-refractivity contribution is 0.305. The molecule has 0 aromatic heterocycles. The summed E-state index contributed by atoms with van der Waals surface area (Å²) < 4.78 is 5.86. The zero-order chi connectivity index (χ0) is 21.1. The van der Waals surface area contributed by atoms with Gasteiger partial charge in [0.25, 0.3) is 0 Å². The molecular formula is C22H21N7O. The first-order valence-electron chi connectivity index (χ1n) is 9.76. The zero-order valence-corrected chi connectivity index (χ0v) is 16.4. The average Bonchev–Trinajstić information content (AvgIpc) is 2.75. The summed E-state index contributed by atoms with van der Waals surface area (Å²) >= 11 is 0. The lowest BCUT2D eigenvalue weighted by atomic mass is 9.87. The van der Waals surface area contributed by atoms with Crippen molar-refractivity contribution < 1.29 is 4.74 Å². The Morgan fingerprint density at radius 3 is 2.23 bits per heavy atom. The Morgan fingerprint density at radius 1 is 0.900 bits per heavy atom. The SMILES string of the molecule is N#Cc1ccc(Oc2ccc(N3C(N)=NC(N)=NC34CCCCC4)cc2)cc1C#N. The molecule has 1 fully saturated rings. The number of nitrogens with zero attached hydrogens (tertiary/aromatic N) is 5. The Balaban J connectivity index is 1.60. The molecule has 30 heavy (non-hydrogen) atoms. The van der Waals surface area contributed by atoms with Crippen LogP contribution < -0.4 is 21.1 Å². The van der Waals surface area contributed by atoms with E-state index in [-0.39, 0.29) is 11.5 Å². The fourth-order valence-electron chi connectivity index (χ4n) is 4.07. The maximum absolute atomic E-state index is 9.18. The fraction of sp³-hybridized carbons (Fsp3) is 0.273. The number of anilines is 1. The molecule has 0 atom stereocenters. The molecule has 4 N–H and O–H groups in total. The largest absolute Gasteiger partial charge is 0.457 e. The number of aliphatic imine (C=N–C) groups is 2. The third kappa shape index (κ3) is 3.51. The van der Waals surface area contributed by atoms with Crippen LogP contribution in [0.4, 0.5) is 5.69 Å². The van der Waals surface area contributed by atoms with Gasteiger partial charge in [-0.3, -0.25) is 4.90 Å². The molecule has 0 saturated heterocycles. The fourth-order valence-corrected chi connectivity index (χ4v) is 4.07. The van der Waals surface area contributed by atoms with Gasteiger partial charge in [0, 0.05) is 5.69 Å². The maximum atomic E-state index is 9.18. The smallest absolute Gasteiger partial charge is 0.220 e. The van der Waals surface area contributed by atoms with E-state index in [9.17, 15) is 5.26 Å². The van der Waals surface area contributed by atoms with Crippen LogP contribution in [0.5, 0.6) is 11.5 Å². The summed E-state index contributed by atoms with van der Waals surface area (Å²) in [7, 11) is 0. The second-order valence-electron chi connectivity index (χ2n) is 7.35. The summed E-state index contributed by atoms with van der Waals surface area (Å²) in [4.78, 5) is 10.8. The van der Waals surface area contributed by atoms with Crippen LogP contribution in [0.1, 0.15) is 43.2 Å². The van der Waals surface area contributed by atoms with E-state index in [1.54, 1.807) is 18.2 Å². The number of ether oxygens (including phenoxy) is 1. The van der Waals surface area contributed by atoms with Gasteiger partial charge in [-0.15, -0.1) is 0 Å². The summed E-state index contributed by atoms with van der Waals surface area (Å²) in [5, 5.41) is 18.2. The minimum absolute atomic E-state index is 0.222. The summed E-state index contributed by atoms with van der Waals surface area (Å²) in [5.41, 5.74) is 13.1. The number of hydrogen-bond donors (Lipinski definition) is 2. The van der Waals surface area contributed by atoms with Gasteiger partial charge < -0.3 is 16.2 Å². The Morgan fingerprint density at radius 2 is 1.57 bits per heavy atom. The number of rotatable bonds is 3. The molecule has 0 amide bonds. The number of benzene rings is 2. The molecule has 1 heterocycles. The molecule has 2 aliphatic rings. The summed E-state index contributed by atoms with van der Waals surface area (Å²) in [5.74, 6) is 1.64. The summed E-state index contributed by atoms with van der Waals surface area (Å²) in [6.07, 6.45) is 5.02. The van der Waals surface area contributed by atoms with Crippen molar-refractivity contribution in [3.8, 4) is 23.6 Å². The molecule has 4 rings (SSSR count). The van der Waals surface area contributed by atoms with Gasteiger partial charge in [-0.2, -0.15) is 15.5 Å². The number of nitriles is 2. The quantitative estimate of drug-likeness (QED) is 0.812. The van der Waals surface area contributed by atoms with Crippen molar-refractivity contribution in [1.29, 1.82) is 10.5 Å². The van der Waals surface area contributed by atoms with Gasteiger partial charge in [0.2, 0.25) is 11.9 Å². The predicted octanol–water partition coefficient (Wildman–Crippen LogP) is 3.33. The van der Waals surface area contributed by atoms with E-state index in [1.807, 2.05) is 41.3 Å². The normalized spacial score (nSPS) is 17.5. The molecule has 1 spiro atoms. The van der Waals surface area contributed by atoms with E-state index >= 15 is 0 Å².